The van der Waals surface area contributed by atoms with E-state index < -0.39 is 5.91 Å². The molecule has 0 aliphatic carbocycles. The van der Waals surface area contributed by atoms with Gasteiger partial charge in [0.15, 0.2) is 0 Å². The van der Waals surface area contributed by atoms with Crippen LogP contribution in [0, 0.1) is 11.3 Å². The molecule has 0 spiro atoms. The van der Waals surface area contributed by atoms with Crippen molar-refractivity contribution in [3.05, 3.63) is 75.9 Å². The van der Waals surface area contributed by atoms with Gasteiger partial charge in [-0.3, -0.25) is 4.79 Å². The summed E-state index contributed by atoms with van der Waals surface area (Å²) in [5.74, 6) is -0.457. The van der Waals surface area contributed by atoms with Crippen molar-refractivity contribution in [3.63, 3.8) is 0 Å². The molecule has 122 valence electrons. The Balaban J connectivity index is 2.05. The Labute approximate surface area is 150 Å². The molecule has 0 heterocycles. The lowest BCUT2D eigenvalue weighted by molar-refractivity contribution is -0.117. The van der Waals surface area contributed by atoms with Crippen LogP contribution in [0.25, 0.3) is 0 Å². The average molecular weight is 360 g/mol. The molecule has 0 aromatic heterocycles. The van der Waals surface area contributed by atoms with Crippen LogP contribution in [0.5, 0.6) is 0 Å². The van der Waals surface area contributed by atoms with Gasteiger partial charge in [0.05, 0.1) is 16.1 Å². The summed E-state index contributed by atoms with van der Waals surface area (Å²) >= 11 is 11.8. The predicted octanol–water partition coefficient (Wildman–Crippen LogP) is 4.69. The Morgan fingerprint density at radius 2 is 1.88 bits per heavy atom. The van der Waals surface area contributed by atoms with E-state index in [-0.39, 0.29) is 11.6 Å². The third-order valence-electron chi connectivity index (χ3n) is 3.32. The first kappa shape index (κ1) is 17.9. The summed E-state index contributed by atoms with van der Waals surface area (Å²) in [5.41, 5.74) is 1.55. The first-order chi connectivity index (χ1) is 11.5. The Morgan fingerprint density at radius 3 is 2.50 bits per heavy atom. The summed E-state index contributed by atoms with van der Waals surface area (Å²) in [6.45, 7) is 1.86. The molecule has 4 nitrogen and oxygen atoms in total. The Hall–Kier alpha value is -2.48. The van der Waals surface area contributed by atoms with Crippen LogP contribution in [0.3, 0.4) is 0 Å². The monoisotopic (exact) mass is 359 g/mol. The van der Waals surface area contributed by atoms with Gasteiger partial charge in [-0.2, -0.15) is 5.26 Å². The third kappa shape index (κ3) is 4.76. The molecule has 1 atom stereocenters. The fraction of sp³-hybridized carbons (Fsp3) is 0.111. The van der Waals surface area contributed by atoms with Crippen LogP contribution < -0.4 is 10.6 Å². The van der Waals surface area contributed by atoms with E-state index in [0.29, 0.717) is 15.7 Å². The highest BCUT2D eigenvalue weighted by molar-refractivity contribution is 6.42. The molecule has 6 heteroatoms. The smallest absolute Gasteiger partial charge is 0.263 e. The van der Waals surface area contributed by atoms with Crippen molar-refractivity contribution in [1.29, 1.82) is 5.26 Å². The lowest BCUT2D eigenvalue weighted by Crippen LogP contribution is -2.28. The van der Waals surface area contributed by atoms with Crippen LogP contribution in [0.2, 0.25) is 10.0 Å². The van der Waals surface area contributed by atoms with Crippen LogP contribution in [0.1, 0.15) is 18.5 Å². The van der Waals surface area contributed by atoms with Gasteiger partial charge in [-0.05, 0) is 30.7 Å². The number of nitrogens with zero attached hydrogens (tertiary/aromatic N) is 1. The van der Waals surface area contributed by atoms with Crippen molar-refractivity contribution in [3.8, 4) is 6.07 Å². The molecule has 2 aromatic rings. The maximum absolute atomic E-state index is 12.2. The molecule has 1 unspecified atom stereocenters. The first-order valence-corrected chi connectivity index (χ1v) is 7.94. The number of carbonyl (C=O) groups excluding carboxylic acids is 1. The fourth-order valence-corrected chi connectivity index (χ4v) is 2.29. The van der Waals surface area contributed by atoms with Crippen LogP contribution in [-0.2, 0) is 4.79 Å². The molecule has 0 fully saturated rings. The van der Waals surface area contributed by atoms with Crippen LogP contribution >= 0.6 is 23.2 Å². The number of anilines is 1. The zero-order valence-corrected chi connectivity index (χ0v) is 14.4. The van der Waals surface area contributed by atoms with Gasteiger partial charge in [-0.1, -0.05) is 53.5 Å². The number of hydrogen-bond acceptors (Lipinski definition) is 3. The summed E-state index contributed by atoms with van der Waals surface area (Å²) < 4.78 is 0. The topological polar surface area (TPSA) is 64.9 Å². The average Bonchev–Trinajstić information content (AvgIpc) is 2.59. The van der Waals surface area contributed by atoms with Gasteiger partial charge >= 0.3 is 0 Å². The van der Waals surface area contributed by atoms with Crippen LogP contribution in [0.4, 0.5) is 5.69 Å². The van der Waals surface area contributed by atoms with Crippen molar-refractivity contribution in [2.75, 3.05) is 5.32 Å². The molecule has 0 saturated carbocycles. The van der Waals surface area contributed by atoms with Gasteiger partial charge in [0.25, 0.3) is 5.91 Å². The van der Waals surface area contributed by atoms with Crippen LogP contribution in [0.15, 0.2) is 60.3 Å². The second-order valence-electron chi connectivity index (χ2n) is 5.05. The van der Waals surface area contributed by atoms with E-state index in [2.05, 4.69) is 10.6 Å². The van der Waals surface area contributed by atoms with E-state index in [0.717, 1.165) is 5.56 Å². The number of benzene rings is 2. The first-order valence-electron chi connectivity index (χ1n) is 7.19. The van der Waals surface area contributed by atoms with E-state index in [1.54, 1.807) is 18.2 Å². The molecule has 2 rings (SSSR count). The largest absolute Gasteiger partial charge is 0.360 e. The van der Waals surface area contributed by atoms with Crippen molar-refractivity contribution < 1.29 is 4.79 Å². The summed E-state index contributed by atoms with van der Waals surface area (Å²) in [4.78, 5) is 12.2. The molecule has 0 radical (unpaired) electrons. The number of nitriles is 1. The van der Waals surface area contributed by atoms with Gasteiger partial charge < -0.3 is 10.6 Å². The van der Waals surface area contributed by atoms with Gasteiger partial charge in [-0.25, -0.2) is 0 Å². The standard InChI is InChI=1S/C18H15Cl2N3O/c1-12(13-5-3-2-4-6-13)23-18(24)14(10-21)11-22-15-7-8-16(19)17(20)9-15/h2-9,11-12,22H,1H3,(H,23,24)/b14-11-. The van der Waals surface area contributed by atoms with Crippen molar-refractivity contribution in [1.82, 2.24) is 5.32 Å². The van der Waals surface area contributed by atoms with E-state index in [1.807, 2.05) is 43.3 Å². The van der Waals surface area contributed by atoms with E-state index in [9.17, 15) is 10.1 Å². The SMILES string of the molecule is CC(NC(=O)/C(C#N)=C\Nc1ccc(Cl)c(Cl)c1)c1ccccc1. The molecule has 0 bridgehead atoms. The fourth-order valence-electron chi connectivity index (χ4n) is 1.99. The van der Waals surface area contributed by atoms with Gasteiger partial charge in [0.2, 0.25) is 0 Å². The number of amides is 1. The highest BCUT2D eigenvalue weighted by Crippen LogP contribution is 2.25. The highest BCUT2D eigenvalue weighted by Gasteiger charge is 2.13. The minimum absolute atomic E-state index is 0.0381. The lowest BCUT2D eigenvalue weighted by atomic mass is 10.1. The minimum Gasteiger partial charge on any atom is -0.360 e. The lowest BCUT2D eigenvalue weighted by Gasteiger charge is -2.13. The number of hydrogen-bond donors (Lipinski definition) is 2. The normalized spacial score (nSPS) is 12.2. The van der Waals surface area contributed by atoms with E-state index >= 15 is 0 Å². The molecule has 1 amide bonds. The number of halogens is 2. The zero-order valence-electron chi connectivity index (χ0n) is 12.9. The van der Waals surface area contributed by atoms with Crippen LogP contribution in [-0.4, -0.2) is 5.91 Å². The molecule has 2 aromatic carbocycles. The Kier molecular flexibility index (Phi) is 6.25. The van der Waals surface area contributed by atoms with Gasteiger partial charge in [-0.15, -0.1) is 0 Å². The minimum atomic E-state index is -0.457. The molecule has 0 saturated heterocycles. The van der Waals surface area contributed by atoms with E-state index in [4.69, 9.17) is 23.2 Å². The molecular formula is C18H15Cl2N3O. The summed E-state index contributed by atoms with van der Waals surface area (Å²) in [5, 5.41) is 15.7. The second-order valence-corrected chi connectivity index (χ2v) is 5.86. The predicted molar refractivity (Wildman–Crippen MR) is 96.8 cm³/mol. The highest BCUT2D eigenvalue weighted by atomic mass is 35.5. The summed E-state index contributed by atoms with van der Waals surface area (Å²) in [6, 6.07) is 16.1. The zero-order chi connectivity index (χ0) is 17.5. The summed E-state index contributed by atoms with van der Waals surface area (Å²) in [7, 11) is 0. The number of rotatable bonds is 5. The summed E-state index contributed by atoms with van der Waals surface area (Å²) in [6.07, 6.45) is 1.34. The Morgan fingerprint density at radius 1 is 1.17 bits per heavy atom. The maximum atomic E-state index is 12.2. The maximum Gasteiger partial charge on any atom is 0.263 e. The van der Waals surface area contributed by atoms with Crippen molar-refractivity contribution in [2.45, 2.75) is 13.0 Å². The molecule has 2 N–H and O–H groups in total. The van der Waals surface area contributed by atoms with E-state index in [1.165, 1.54) is 6.20 Å². The third-order valence-corrected chi connectivity index (χ3v) is 4.05. The van der Waals surface area contributed by atoms with Gasteiger partial charge in [0, 0.05) is 11.9 Å². The quantitative estimate of drug-likeness (QED) is 0.601. The van der Waals surface area contributed by atoms with Crippen molar-refractivity contribution in [2.24, 2.45) is 0 Å². The van der Waals surface area contributed by atoms with Gasteiger partial charge in [0.1, 0.15) is 11.6 Å². The number of carbonyl (C=O) groups is 1. The molecule has 0 aliphatic rings. The Bertz CT molecular complexity index is 798. The molecular weight excluding hydrogens is 345 g/mol. The molecule has 24 heavy (non-hydrogen) atoms. The number of nitrogens with one attached hydrogen (secondary N) is 2. The molecule has 0 aliphatic heterocycles. The second kappa shape index (κ2) is 8.39. The van der Waals surface area contributed by atoms with Crippen molar-refractivity contribution >= 4 is 34.8 Å².